The van der Waals surface area contributed by atoms with E-state index in [1.807, 2.05) is 18.5 Å². The van der Waals surface area contributed by atoms with Crippen LogP contribution in [0.2, 0.25) is 0 Å². The van der Waals surface area contributed by atoms with E-state index in [0.29, 0.717) is 12.5 Å². The molecule has 0 aromatic carbocycles. The lowest BCUT2D eigenvalue weighted by atomic mass is 9.97. The van der Waals surface area contributed by atoms with Gasteiger partial charge in [-0.05, 0) is 19.8 Å². The molecule has 0 amide bonds. The molecule has 0 fully saturated rings. The molecule has 6 heteroatoms. The van der Waals surface area contributed by atoms with E-state index in [1.54, 1.807) is 13.3 Å². The van der Waals surface area contributed by atoms with Gasteiger partial charge in [0.05, 0.1) is 25.5 Å². The number of hydrazine groups is 1. The Kier molecular flexibility index (Phi) is 6.27. The third kappa shape index (κ3) is 3.46. The monoisotopic (exact) mass is 270 g/mol. The highest BCUT2D eigenvalue weighted by Gasteiger charge is 2.31. The molecule has 0 spiro atoms. The summed E-state index contributed by atoms with van der Waals surface area (Å²) in [7, 11) is 1.64. The maximum absolute atomic E-state index is 5.84. The van der Waals surface area contributed by atoms with E-state index in [-0.39, 0.29) is 12.1 Å². The number of hydrogen-bond donors (Lipinski definition) is 2. The van der Waals surface area contributed by atoms with Crippen LogP contribution in [0.3, 0.4) is 0 Å². The first-order valence-electron chi connectivity index (χ1n) is 6.78. The third-order valence-corrected chi connectivity index (χ3v) is 3.18. The zero-order valence-electron chi connectivity index (χ0n) is 12.5. The molecule has 2 atom stereocenters. The van der Waals surface area contributed by atoms with E-state index >= 15 is 0 Å². The predicted molar refractivity (Wildman–Crippen MR) is 74.8 cm³/mol. The van der Waals surface area contributed by atoms with E-state index in [2.05, 4.69) is 24.4 Å². The Morgan fingerprint density at radius 3 is 2.53 bits per heavy atom. The van der Waals surface area contributed by atoms with E-state index < -0.39 is 0 Å². The Bertz CT molecular complexity index is 357. The van der Waals surface area contributed by atoms with Crippen molar-refractivity contribution in [2.75, 3.05) is 13.7 Å². The fraction of sp³-hybridized carbons (Fsp3) is 0.769. The van der Waals surface area contributed by atoms with Gasteiger partial charge in [0.15, 0.2) is 5.75 Å². The Labute approximate surface area is 115 Å². The van der Waals surface area contributed by atoms with Crippen LogP contribution in [-0.4, -0.2) is 29.6 Å². The minimum atomic E-state index is -0.155. The summed E-state index contributed by atoms with van der Waals surface area (Å²) >= 11 is 0. The molecule has 0 radical (unpaired) electrons. The van der Waals surface area contributed by atoms with Gasteiger partial charge in [-0.3, -0.25) is 10.5 Å². The minimum absolute atomic E-state index is 0.0362. The summed E-state index contributed by atoms with van der Waals surface area (Å²) in [6.07, 6.45) is 1.68. The summed E-state index contributed by atoms with van der Waals surface area (Å²) in [5, 5.41) is 4.32. The molecule has 1 aromatic heterocycles. The first-order chi connectivity index (χ1) is 9.10. The quantitative estimate of drug-likeness (QED) is 0.553. The SMILES string of the molecule is CCOC(C(C)C)C(NN)c1c(OC)cnn1CC. The number of aromatic nitrogens is 2. The van der Waals surface area contributed by atoms with E-state index in [4.69, 9.17) is 15.3 Å². The Morgan fingerprint density at radius 2 is 2.11 bits per heavy atom. The Hall–Kier alpha value is -1.11. The number of ether oxygens (including phenoxy) is 2. The van der Waals surface area contributed by atoms with Crippen molar-refractivity contribution in [2.24, 2.45) is 11.8 Å². The summed E-state index contributed by atoms with van der Waals surface area (Å²) in [6.45, 7) is 9.65. The molecule has 0 aliphatic heterocycles. The first kappa shape index (κ1) is 15.9. The number of methoxy groups -OCH3 is 1. The number of aryl methyl sites for hydroxylation is 1. The zero-order valence-corrected chi connectivity index (χ0v) is 12.5. The van der Waals surface area contributed by atoms with Crippen LogP contribution in [0.4, 0.5) is 0 Å². The molecule has 0 aliphatic rings. The number of nitrogens with one attached hydrogen (secondary N) is 1. The molecular formula is C13H26N4O2. The van der Waals surface area contributed by atoms with Crippen LogP contribution in [0.5, 0.6) is 5.75 Å². The summed E-state index contributed by atoms with van der Waals surface area (Å²) in [6, 6.07) is -0.155. The highest BCUT2D eigenvalue weighted by molar-refractivity contribution is 5.29. The van der Waals surface area contributed by atoms with Crippen LogP contribution in [0, 0.1) is 5.92 Å². The van der Waals surface area contributed by atoms with Crippen molar-refractivity contribution >= 4 is 0 Å². The van der Waals surface area contributed by atoms with Crippen molar-refractivity contribution in [1.29, 1.82) is 0 Å². The van der Waals surface area contributed by atoms with Crippen molar-refractivity contribution < 1.29 is 9.47 Å². The van der Waals surface area contributed by atoms with Gasteiger partial charge in [-0.1, -0.05) is 13.8 Å². The van der Waals surface area contributed by atoms with Gasteiger partial charge in [0, 0.05) is 13.2 Å². The zero-order chi connectivity index (χ0) is 14.4. The van der Waals surface area contributed by atoms with Crippen LogP contribution >= 0.6 is 0 Å². The molecule has 1 aromatic rings. The lowest BCUT2D eigenvalue weighted by Crippen LogP contribution is -2.42. The number of nitrogens with two attached hydrogens (primary N) is 1. The fourth-order valence-corrected chi connectivity index (χ4v) is 2.30. The normalized spacial score (nSPS) is 14.7. The van der Waals surface area contributed by atoms with E-state index in [0.717, 1.165) is 18.0 Å². The molecule has 3 N–H and O–H groups in total. The van der Waals surface area contributed by atoms with Crippen LogP contribution in [0.15, 0.2) is 6.20 Å². The molecule has 0 saturated carbocycles. The highest BCUT2D eigenvalue weighted by atomic mass is 16.5. The van der Waals surface area contributed by atoms with E-state index in [1.165, 1.54) is 0 Å². The third-order valence-electron chi connectivity index (χ3n) is 3.18. The molecule has 0 saturated heterocycles. The molecular weight excluding hydrogens is 244 g/mol. The molecule has 19 heavy (non-hydrogen) atoms. The summed E-state index contributed by atoms with van der Waals surface area (Å²) in [5.41, 5.74) is 3.78. The van der Waals surface area contributed by atoms with Gasteiger partial charge >= 0.3 is 0 Å². The Morgan fingerprint density at radius 1 is 1.42 bits per heavy atom. The van der Waals surface area contributed by atoms with Gasteiger partial charge in [0.1, 0.15) is 5.69 Å². The molecule has 0 aliphatic carbocycles. The summed E-state index contributed by atoms with van der Waals surface area (Å²) < 4.78 is 13.1. The molecule has 1 rings (SSSR count). The van der Waals surface area contributed by atoms with Crippen molar-refractivity contribution in [3.8, 4) is 5.75 Å². The lowest BCUT2D eigenvalue weighted by Gasteiger charge is -2.30. The maximum atomic E-state index is 5.84. The first-order valence-corrected chi connectivity index (χ1v) is 6.78. The van der Waals surface area contributed by atoms with Gasteiger partial charge in [0.25, 0.3) is 0 Å². The van der Waals surface area contributed by atoms with Crippen LogP contribution in [0.1, 0.15) is 39.4 Å². The van der Waals surface area contributed by atoms with Crippen molar-refractivity contribution in [2.45, 2.75) is 46.4 Å². The number of nitrogens with zero attached hydrogens (tertiary/aromatic N) is 2. The number of hydrogen-bond acceptors (Lipinski definition) is 5. The fourth-order valence-electron chi connectivity index (χ4n) is 2.30. The smallest absolute Gasteiger partial charge is 0.161 e. The van der Waals surface area contributed by atoms with Gasteiger partial charge in [-0.15, -0.1) is 0 Å². The predicted octanol–water partition coefficient (Wildman–Crippen LogP) is 1.48. The van der Waals surface area contributed by atoms with Crippen LogP contribution in [0.25, 0.3) is 0 Å². The maximum Gasteiger partial charge on any atom is 0.161 e. The van der Waals surface area contributed by atoms with Gasteiger partial charge in [-0.25, -0.2) is 5.43 Å². The second-order valence-electron chi connectivity index (χ2n) is 4.72. The van der Waals surface area contributed by atoms with Crippen molar-refractivity contribution in [3.05, 3.63) is 11.9 Å². The van der Waals surface area contributed by atoms with Gasteiger partial charge < -0.3 is 9.47 Å². The molecule has 2 unspecified atom stereocenters. The summed E-state index contributed by atoms with van der Waals surface area (Å²) in [5.74, 6) is 6.81. The van der Waals surface area contributed by atoms with Gasteiger partial charge in [0.2, 0.25) is 0 Å². The molecule has 110 valence electrons. The molecule has 6 nitrogen and oxygen atoms in total. The minimum Gasteiger partial charge on any atom is -0.493 e. The average Bonchev–Trinajstić information content (AvgIpc) is 2.81. The van der Waals surface area contributed by atoms with E-state index in [9.17, 15) is 0 Å². The Balaban J connectivity index is 3.16. The largest absolute Gasteiger partial charge is 0.493 e. The topological polar surface area (TPSA) is 74.3 Å². The highest BCUT2D eigenvalue weighted by Crippen LogP contribution is 2.31. The van der Waals surface area contributed by atoms with Crippen LogP contribution in [-0.2, 0) is 11.3 Å². The molecule has 0 bridgehead atoms. The summed E-state index contributed by atoms with van der Waals surface area (Å²) in [4.78, 5) is 0. The standard InChI is InChI=1S/C13H26N4O2/c1-6-17-12(10(18-5)8-15-17)11(16-14)13(9(3)4)19-7-2/h8-9,11,13,16H,6-7,14H2,1-5H3. The van der Waals surface area contributed by atoms with Crippen molar-refractivity contribution in [3.63, 3.8) is 0 Å². The van der Waals surface area contributed by atoms with Crippen LogP contribution < -0.4 is 16.0 Å². The average molecular weight is 270 g/mol. The van der Waals surface area contributed by atoms with Crippen molar-refractivity contribution in [1.82, 2.24) is 15.2 Å². The lowest BCUT2D eigenvalue weighted by molar-refractivity contribution is 0.000173. The second kappa shape index (κ2) is 7.47. The molecule has 1 heterocycles. The van der Waals surface area contributed by atoms with Gasteiger partial charge in [-0.2, -0.15) is 5.10 Å². The number of rotatable bonds is 8. The second-order valence-corrected chi connectivity index (χ2v) is 4.72.